The number of amides is 4. The van der Waals surface area contributed by atoms with Crippen LogP contribution < -0.4 is 10.6 Å². The van der Waals surface area contributed by atoms with Crippen LogP contribution in [0.3, 0.4) is 0 Å². The predicted octanol–water partition coefficient (Wildman–Crippen LogP) is 2.74. The monoisotopic (exact) mass is 612 g/mol. The van der Waals surface area contributed by atoms with E-state index in [1.54, 1.807) is 45.2 Å². The SMILES string of the molecule is CCC(NC(=O)OC(C)(C)C)C(=O)N[C@H](COCc1ccccc1)C(=O)N1CCC2=NN(C)C(=O)[C@@]2(Cc2cscn2)C1. The zero-order valence-corrected chi connectivity index (χ0v) is 26.1. The lowest BCUT2D eigenvalue weighted by Gasteiger charge is -2.40. The molecule has 1 fully saturated rings. The second-order valence-corrected chi connectivity index (χ2v) is 12.5. The topological polar surface area (TPSA) is 143 Å². The van der Waals surface area contributed by atoms with Crippen LogP contribution in [0.2, 0.25) is 0 Å². The molecule has 232 valence electrons. The second-order valence-electron chi connectivity index (χ2n) is 11.8. The maximum absolute atomic E-state index is 14.1. The Balaban J connectivity index is 1.52. The Hall–Kier alpha value is -3.84. The number of nitrogens with one attached hydrogen (secondary N) is 2. The fraction of sp³-hybridized carbons (Fsp3) is 0.533. The van der Waals surface area contributed by atoms with Crippen molar-refractivity contribution in [2.75, 3.05) is 26.7 Å². The quantitative estimate of drug-likeness (QED) is 0.397. The average Bonchev–Trinajstić information content (AvgIpc) is 3.55. The van der Waals surface area contributed by atoms with E-state index in [1.165, 1.54) is 16.3 Å². The van der Waals surface area contributed by atoms with Crippen LogP contribution in [0.15, 0.2) is 46.3 Å². The number of fused-ring (bicyclic) bond motifs is 1. The predicted molar refractivity (Wildman–Crippen MR) is 161 cm³/mol. The molecule has 43 heavy (non-hydrogen) atoms. The van der Waals surface area contributed by atoms with E-state index in [-0.39, 0.29) is 38.0 Å². The molecule has 4 amide bonds. The summed E-state index contributed by atoms with van der Waals surface area (Å²) in [6.07, 6.45) is 0.280. The molecule has 4 rings (SSSR count). The van der Waals surface area contributed by atoms with Gasteiger partial charge < -0.3 is 25.0 Å². The molecule has 2 aromatic rings. The molecule has 3 heterocycles. The summed E-state index contributed by atoms with van der Waals surface area (Å²) in [7, 11) is 1.62. The Morgan fingerprint density at radius 2 is 1.88 bits per heavy atom. The first kappa shape index (κ1) is 32.1. The summed E-state index contributed by atoms with van der Waals surface area (Å²) in [6, 6.07) is 7.50. The summed E-state index contributed by atoms with van der Waals surface area (Å²) in [5, 5.41) is 13.1. The number of carbonyl (C=O) groups is 4. The van der Waals surface area contributed by atoms with Crippen LogP contribution in [0.1, 0.15) is 51.8 Å². The van der Waals surface area contributed by atoms with E-state index >= 15 is 0 Å². The van der Waals surface area contributed by atoms with Crippen LogP contribution in [0.4, 0.5) is 4.79 Å². The van der Waals surface area contributed by atoms with Crippen molar-refractivity contribution in [2.24, 2.45) is 10.5 Å². The number of alkyl carbamates (subject to hydrolysis) is 1. The lowest BCUT2D eigenvalue weighted by atomic mass is 9.74. The fourth-order valence-corrected chi connectivity index (χ4v) is 5.80. The number of rotatable bonds is 11. The molecule has 2 N–H and O–H groups in total. The van der Waals surface area contributed by atoms with Crippen LogP contribution in [0.25, 0.3) is 0 Å². The highest BCUT2D eigenvalue weighted by atomic mass is 32.1. The van der Waals surface area contributed by atoms with E-state index in [0.29, 0.717) is 19.4 Å². The molecule has 0 radical (unpaired) electrons. The van der Waals surface area contributed by atoms with Crippen LogP contribution >= 0.6 is 11.3 Å². The standard InChI is InChI=1S/C30H40N6O6S/c1-6-22(33-28(40)42-29(2,3)4)25(37)32-23(16-41-15-20-10-8-7-9-11-20)26(38)36-13-12-24-30(18-36,27(39)35(5)34-24)14-21-17-43-19-31-21/h7-11,17,19,22-23H,6,12-16,18H2,1-5H3,(H,32,37)(H,33,40)/t22?,23-,30+/m1/s1. The lowest BCUT2D eigenvalue weighted by Crippen LogP contribution is -2.61. The van der Waals surface area contributed by atoms with Gasteiger partial charge in [0.15, 0.2) is 0 Å². The summed E-state index contributed by atoms with van der Waals surface area (Å²) in [4.78, 5) is 59.3. The summed E-state index contributed by atoms with van der Waals surface area (Å²) in [5.41, 5.74) is 2.35. The molecule has 0 aliphatic carbocycles. The number of hydrogen-bond donors (Lipinski definition) is 2. The number of piperidine rings is 1. The minimum Gasteiger partial charge on any atom is -0.444 e. The molecular weight excluding hydrogens is 572 g/mol. The minimum atomic E-state index is -1.06. The zero-order chi connectivity index (χ0) is 31.2. The number of likely N-dealkylation sites (tertiary alicyclic amines) is 1. The third kappa shape index (κ3) is 7.96. The van der Waals surface area contributed by atoms with Gasteiger partial charge in [0.2, 0.25) is 11.8 Å². The third-order valence-corrected chi connectivity index (χ3v) is 7.95. The van der Waals surface area contributed by atoms with Crippen LogP contribution in [0, 0.1) is 5.41 Å². The molecule has 1 saturated heterocycles. The highest BCUT2D eigenvalue weighted by Crippen LogP contribution is 2.38. The molecule has 1 aromatic heterocycles. The van der Waals surface area contributed by atoms with E-state index < -0.39 is 35.1 Å². The Morgan fingerprint density at radius 3 is 2.53 bits per heavy atom. The van der Waals surface area contributed by atoms with Gasteiger partial charge in [0.1, 0.15) is 23.1 Å². The van der Waals surface area contributed by atoms with Crippen molar-refractivity contribution in [3.05, 3.63) is 52.5 Å². The Bertz CT molecular complexity index is 1330. The van der Waals surface area contributed by atoms with Gasteiger partial charge >= 0.3 is 6.09 Å². The fourth-order valence-electron chi connectivity index (χ4n) is 5.24. The summed E-state index contributed by atoms with van der Waals surface area (Å²) in [6.45, 7) is 7.51. The number of nitrogens with zero attached hydrogens (tertiary/aromatic N) is 4. The molecule has 13 heteroatoms. The molecule has 2 aliphatic rings. The van der Waals surface area contributed by atoms with Crippen molar-refractivity contribution in [3.63, 3.8) is 0 Å². The van der Waals surface area contributed by atoms with Gasteiger partial charge in [-0.15, -0.1) is 11.3 Å². The smallest absolute Gasteiger partial charge is 0.408 e. The van der Waals surface area contributed by atoms with Gasteiger partial charge in [-0.25, -0.2) is 14.8 Å². The van der Waals surface area contributed by atoms with Crippen LogP contribution in [-0.4, -0.2) is 88.8 Å². The zero-order valence-electron chi connectivity index (χ0n) is 25.3. The van der Waals surface area contributed by atoms with E-state index in [9.17, 15) is 19.2 Å². The Kier molecular flexibility index (Phi) is 10.2. The van der Waals surface area contributed by atoms with Crippen LogP contribution in [-0.2, 0) is 36.9 Å². The highest BCUT2D eigenvalue weighted by molar-refractivity contribution is 7.07. The van der Waals surface area contributed by atoms with Crippen molar-refractivity contribution >= 4 is 40.9 Å². The molecule has 3 atom stereocenters. The van der Waals surface area contributed by atoms with E-state index in [4.69, 9.17) is 9.47 Å². The largest absolute Gasteiger partial charge is 0.444 e. The minimum absolute atomic E-state index is 0.101. The van der Waals surface area contributed by atoms with Gasteiger partial charge in [0, 0.05) is 38.4 Å². The van der Waals surface area contributed by atoms with Gasteiger partial charge in [0.05, 0.1) is 30.1 Å². The van der Waals surface area contributed by atoms with Gasteiger partial charge in [-0.3, -0.25) is 14.4 Å². The van der Waals surface area contributed by atoms with Gasteiger partial charge in [-0.2, -0.15) is 5.10 Å². The number of thiazole rings is 1. The number of carbonyl (C=O) groups excluding carboxylic acids is 4. The molecule has 2 aliphatic heterocycles. The van der Waals surface area contributed by atoms with Crippen molar-refractivity contribution in [3.8, 4) is 0 Å². The molecule has 1 unspecified atom stereocenters. The van der Waals surface area contributed by atoms with Crippen LogP contribution in [0.5, 0.6) is 0 Å². The summed E-state index contributed by atoms with van der Waals surface area (Å²) in [5.74, 6) is -1.11. The van der Waals surface area contributed by atoms with Gasteiger partial charge in [-0.1, -0.05) is 37.3 Å². The van der Waals surface area contributed by atoms with Gasteiger partial charge in [-0.05, 0) is 32.8 Å². The average molecular weight is 613 g/mol. The normalized spacial score (nSPS) is 19.7. The number of hydrogen-bond acceptors (Lipinski definition) is 9. The van der Waals surface area contributed by atoms with Crippen molar-refractivity contribution in [1.29, 1.82) is 0 Å². The van der Waals surface area contributed by atoms with Crippen molar-refractivity contribution in [2.45, 2.75) is 71.2 Å². The second kappa shape index (κ2) is 13.6. The first-order valence-electron chi connectivity index (χ1n) is 14.4. The molecule has 0 spiro atoms. The molecule has 1 aromatic carbocycles. The maximum atomic E-state index is 14.1. The van der Waals surface area contributed by atoms with E-state index in [2.05, 4.69) is 20.7 Å². The molecule has 0 bridgehead atoms. The Labute approximate surface area is 255 Å². The number of hydrazone groups is 1. The lowest BCUT2D eigenvalue weighted by molar-refractivity contribution is -0.143. The van der Waals surface area contributed by atoms with Crippen molar-refractivity contribution < 1.29 is 28.7 Å². The first-order valence-corrected chi connectivity index (χ1v) is 15.3. The number of benzene rings is 1. The third-order valence-electron chi connectivity index (χ3n) is 7.31. The number of aromatic nitrogens is 1. The number of ether oxygens (including phenoxy) is 2. The molecule has 12 nitrogen and oxygen atoms in total. The summed E-state index contributed by atoms with van der Waals surface area (Å²) >= 11 is 1.44. The maximum Gasteiger partial charge on any atom is 0.408 e. The van der Waals surface area contributed by atoms with E-state index in [1.807, 2.05) is 35.7 Å². The molecular formula is C30H40N6O6S. The summed E-state index contributed by atoms with van der Waals surface area (Å²) < 4.78 is 11.2. The molecule has 0 saturated carbocycles. The highest BCUT2D eigenvalue weighted by Gasteiger charge is 2.54. The van der Waals surface area contributed by atoms with Gasteiger partial charge in [0.25, 0.3) is 5.91 Å². The Morgan fingerprint density at radius 1 is 1.14 bits per heavy atom. The van der Waals surface area contributed by atoms with Crippen molar-refractivity contribution in [1.82, 2.24) is 25.5 Å². The first-order chi connectivity index (χ1) is 20.4. The van der Waals surface area contributed by atoms with E-state index in [0.717, 1.165) is 17.0 Å².